The third-order valence-corrected chi connectivity index (χ3v) is 4.80. The number of imide groups is 1. The molecule has 1 aliphatic rings. The fraction of sp³-hybridized carbons (Fsp3) is 0.250. The fourth-order valence-electron chi connectivity index (χ4n) is 3.18. The Morgan fingerprint density at radius 3 is 2.34 bits per heavy atom. The van der Waals surface area contributed by atoms with E-state index in [4.69, 9.17) is 0 Å². The maximum atomic E-state index is 13.9. The summed E-state index contributed by atoms with van der Waals surface area (Å²) in [5.74, 6) is -3.44. The lowest BCUT2D eigenvalue weighted by molar-refractivity contribution is -0.135. The van der Waals surface area contributed by atoms with E-state index in [0.717, 1.165) is 23.1 Å². The minimum atomic E-state index is -1.44. The molecule has 2 aromatic rings. The van der Waals surface area contributed by atoms with Gasteiger partial charge in [-0.15, -0.1) is 0 Å². The number of halogens is 3. The van der Waals surface area contributed by atoms with Crippen LogP contribution in [0.15, 0.2) is 42.5 Å². The molecule has 152 valence electrons. The van der Waals surface area contributed by atoms with Crippen molar-refractivity contribution >= 4 is 17.8 Å². The van der Waals surface area contributed by atoms with Gasteiger partial charge in [-0.1, -0.05) is 18.2 Å². The van der Waals surface area contributed by atoms with Gasteiger partial charge in [-0.3, -0.25) is 14.5 Å². The van der Waals surface area contributed by atoms with Crippen molar-refractivity contribution in [2.75, 3.05) is 6.54 Å². The molecule has 2 unspecified atom stereocenters. The summed E-state index contributed by atoms with van der Waals surface area (Å²) in [5, 5.41) is 4.98. The van der Waals surface area contributed by atoms with Crippen LogP contribution in [0, 0.1) is 17.5 Å². The van der Waals surface area contributed by atoms with Gasteiger partial charge in [-0.25, -0.2) is 18.0 Å². The summed E-state index contributed by atoms with van der Waals surface area (Å²) in [6, 6.07) is 6.44. The van der Waals surface area contributed by atoms with Crippen LogP contribution in [0.1, 0.15) is 31.0 Å². The Kier molecular flexibility index (Phi) is 5.32. The number of rotatable bonds is 5. The van der Waals surface area contributed by atoms with Gasteiger partial charge in [0.2, 0.25) is 5.91 Å². The average molecular weight is 405 g/mol. The molecule has 0 aliphatic carbocycles. The van der Waals surface area contributed by atoms with Gasteiger partial charge >= 0.3 is 6.03 Å². The highest BCUT2D eigenvalue weighted by Gasteiger charge is 2.49. The second-order valence-electron chi connectivity index (χ2n) is 6.91. The van der Waals surface area contributed by atoms with Gasteiger partial charge in [0.1, 0.15) is 29.5 Å². The molecule has 2 atom stereocenters. The molecule has 1 heterocycles. The maximum absolute atomic E-state index is 13.9. The van der Waals surface area contributed by atoms with E-state index in [1.54, 1.807) is 0 Å². The third kappa shape index (κ3) is 3.94. The van der Waals surface area contributed by atoms with Crippen LogP contribution in [0.2, 0.25) is 0 Å². The molecular formula is C20H18F3N3O3. The van der Waals surface area contributed by atoms with Crippen molar-refractivity contribution < 1.29 is 27.6 Å². The second kappa shape index (κ2) is 7.57. The molecule has 0 spiro atoms. The average Bonchev–Trinajstić information content (AvgIpc) is 2.86. The van der Waals surface area contributed by atoms with Crippen LogP contribution < -0.4 is 10.6 Å². The van der Waals surface area contributed by atoms with Crippen LogP contribution in [-0.2, 0) is 15.1 Å². The first-order valence-corrected chi connectivity index (χ1v) is 8.76. The summed E-state index contributed by atoms with van der Waals surface area (Å²) in [5.41, 5.74) is -1.02. The molecular weight excluding hydrogens is 387 g/mol. The molecule has 0 bridgehead atoms. The quantitative estimate of drug-likeness (QED) is 0.751. The van der Waals surface area contributed by atoms with Crippen LogP contribution in [0.3, 0.4) is 0 Å². The standard InChI is InChI=1S/C20H18F3N3O3/c1-11(15-8-7-14(22)9-16(15)23)24-17(27)10-26-18(28)20(2,25-19(26)29)12-3-5-13(21)6-4-12/h3-9,11H,10H2,1-2H3,(H,24,27)(H,25,29). The first kappa shape index (κ1) is 20.4. The van der Waals surface area contributed by atoms with Gasteiger partial charge in [0.05, 0.1) is 6.04 Å². The fourth-order valence-corrected chi connectivity index (χ4v) is 3.18. The Bertz CT molecular complexity index is 981. The summed E-state index contributed by atoms with van der Waals surface area (Å²) in [6.45, 7) is 2.35. The molecule has 0 saturated carbocycles. The zero-order valence-corrected chi connectivity index (χ0v) is 15.6. The highest BCUT2D eigenvalue weighted by Crippen LogP contribution is 2.29. The van der Waals surface area contributed by atoms with Crippen molar-refractivity contribution in [2.24, 2.45) is 0 Å². The third-order valence-electron chi connectivity index (χ3n) is 4.80. The van der Waals surface area contributed by atoms with Crippen LogP contribution >= 0.6 is 0 Å². The predicted molar refractivity (Wildman–Crippen MR) is 96.9 cm³/mol. The van der Waals surface area contributed by atoms with Crippen molar-refractivity contribution in [3.05, 3.63) is 71.0 Å². The van der Waals surface area contributed by atoms with E-state index >= 15 is 0 Å². The number of benzene rings is 2. The normalized spacial score (nSPS) is 19.8. The van der Waals surface area contributed by atoms with E-state index in [-0.39, 0.29) is 5.56 Å². The van der Waals surface area contributed by atoms with Crippen molar-refractivity contribution in [2.45, 2.75) is 25.4 Å². The zero-order chi connectivity index (χ0) is 21.3. The molecule has 6 nitrogen and oxygen atoms in total. The van der Waals surface area contributed by atoms with Gasteiger partial charge < -0.3 is 10.6 Å². The lowest BCUT2D eigenvalue weighted by Crippen LogP contribution is -2.43. The van der Waals surface area contributed by atoms with Crippen LogP contribution in [0.5, 0.6) is 0 Å². The maximum Gasteiger partial charge on any atom is 0.325 e. The van der Waals surface area contributed by atoms with Crippen molar-refractivity contribution in [1.29, 1.82) is 0 Å². The Morgan fingerprint density at radius 2 is 1.72 bits per heavy atom. The topological polar surface area (TPSA) is 78.5 Å². The monoisotopic (exact) mass is 405 g/mol. The number of amides is 4. The van der Waals surface area contributed by atoms with E-state index in [9.17, 15) is 27.6 Å². The van der Waals surface area contributed by atoms with Crippen molar-refractivity contribution in [3.8, 4) is 0 Å². The summed E-state index contributed by atoms with van der Waals surface area (Å²) in [4.78, 5) is 38.1. The second-order valence-corrected chi connectivity index (χ2v) is 6.91. The van der Waals surface area contributed by atoms with Gasteiger partial charge in [0, 0.05) is 11.6 Å². The SMILES string of the molecule is CC(NC(=O)CN1C(=O)NC(C)(c2ccc(F)cc2)C1=O)c1ccc(F)cc1F. The number of hydrogen-bond donors (Lipinski definition) is 2. The number of carbonyl (C=O) groups excluding carboxylic acids is 3. The molecule has 1 fully saturated rings. The number of nitrogens with one attached hydrogen (secondary N) is 2. The Labute approximate surface area is 164 Å². The lowest BCUT2D eigenvalue weighted by Gasteiger charge is -2.22. The van der Waals surface area contributed by atoms with Gasteiger partial charge in [-0.2, -0.15) is 0 Å². The Balaban J connectivity index is 1.71. The minimum Gasteiger partial charge on any atom is -0.348 e. The Morgan fingerprint density at radius 1 is 1.10 bits per heavy atom. The van der Waals surface area contributed by atoms with E-state index in [1.807, 2.05) is 0 Å². The van der Waals surface area contributed by atoms with Crippen LogP contribution in [-0.4, -0.2) is 29.3 Å². The summed E-state index contributed by atoms with van der Waals surface area (Å²) in [6.07, 6.45) is 0. The summed E-state index contributed by atoms with van der Waals surface area (Å²) < 4.78 is 40.0. The van der Waals surface area contributed by atoms with Gasteiger partial charge in [0.15, 0.2) is 0 Å². The van der Waals surface area contributed by atoms with Gasteiger partial charge in [0.25, 0.3) is 5.91 Å². The molecule has 2 N–H and O–H groups in total. The first-order valence-electron chi connectivity index (χ1n) is 8.76. The van der Waals surface area contributed by atoms with E-state index in [1.165, 1.54) is 32.0 Å². The zero-order valence-electron chi connectivity index (χ0n) is 15.6. The summed E-state index contributed by atoms with van der Waals surface area (Å²) >= 11 is 0. The van der Waals surface area contributed by atoms with Crippen LogP contribution in [0.4, 0.5) is 18.0 Å². The highest BCUT2D eigenvalue weighted by atomic mass is 19.1. The number of hydrogen-bond acceptors (Lipinski definition) is 3. The van der Waals surface area contributed by atoms with E-state index in [0.29, 0.717) is 11.6 Å². The molecule has 1 aliphatic heterocycles. The molecule has 0 radical (unpaired) electrons. The molecule has 0 aromatic heterocycles. The predicted octanol–water partition coefficient (Wildman–Crippen LogP) is 2.75. The molecule has 4 amide bonds. The number of urea groups is 1. The molecule has 29 heavy (non-hydrogen) atoms. The van der Waals surface area contributed by atoms with Crippen molar-refractivity contribution in [1.82, 2.24) is 15.5 Å². The van der Waals surface area contributed by atoms with Crippen LogP contribution in [0.25, 0.3) is 0 Å². The largest absolute Gasteiger partial charge is 0.348 e. The molecule has 3 rings (SSSR count). The first-order chi connectivity index (χ1) is 13.6. The van der Waals surface area contributed by atoms with E-state index in [2.05, 4.69) is 10.6 Å². The number of carbonyl (C=O) groups is 3. The van der Waals surface area contributed by atoms with E-state index < -0.39 is 53.4 Å². The molecule has 1 saturated heterocycles. The smallest absolute Gasteiger partial charge is 0.325 e. The highest BCUT2D eigenvalue weighted by molar-refractivity contribution is 6.09. The molecule has 9 heteroatoms. The molecule has 2 aromatic carbocycles. The minimum absolute atomic E-state index is 0.0631. The summed E-state index contributed by atoms with van der Waals surface area (Å²) in [7, 11) is 0. The Hall–Kier alpha value is -3.36. The van der Waals surface area contributed by atoms with Gasteiger partial charge in [-0.05, 0) is 37.6 Å². The van der Waals surface area contributed by atoms with Crippen molar-refractivity contribution in [3.63, 3.8) is 0 Å². The number of nitrogens with zero attached hydrogens (tertiary/aromatic N) is 1. The lowest BCUT2D eigenvalue weighted by atomic mass is 9.92.